The third-order valence-corrected chi connectivity index (χ3v) is 7.00. The Hall–Kier alpha value is -2.19. The lowest BCUT2D eigenvalue weighted by Gasteiger charge is -2.22. The molecule has 0 aliphatic carbocycles. The second-order valence-corrected chi connectivity index (χ2v) is 9.95. The van der Waals surface area contributed by atoms with Crippen molar-refractivity contribution in [3.63, 3.8) is 0 Å². The predicted molar refractivity (Wildman–Crippen MR) is 132 cm³/mol. The molecule has 1 aromatic carbocycles. The topological polar surface area (TPSA) is 77.1 Å². The van der Waals surface area contributed by atoms with Gasteiger partial charge in [0.15, 0.2) is 0 Å². The van der Waals surface area contributed by atoms with Crippen molar-refractivity contribution in [2.45, 2.75) is 59.6 Å². The molecule has 0 radical (unpaired) electrons. The van der Waals surface area contributed by atoms with Crippen LogP contribution >= 0.6 is 11.8 Å². The zero-order valence-corrected chi connectivity index (χ0v) is 21.2. The first-order valence-corrected chi connectivity index (χ1v) is 12.7. The smallest absolute Gasteiger partial charge is 0.341 e. The lowest BCUT2D eigenvalue weighted by atomic mass is 9.93. The maximum atomic E-state index is 12.5. The van der Waals surface area contributed by atoms with Crippen molar-refractivity contribution in [3.05, 3.63) is 33.9 Å². The van der Waals surface area contributed by atoms with E-state index in [1.807, 2.05) is 39.5 Å². The van der Waals surface area contributed by atoms with Gasteiger partial charge in [-0.2, -0.15) is 0 Å². The summed E-state index contributed by atoms with van der Waals surface area (Å²) < 4.78 is 16.5. The van der Waals surface area contributed by atoms with Crippen molar-refractivity contribution in [3.8, 4) is 5.75 Å². The van der Waals surface area contributed by atoms with Gasteiger partial charge in [0.25, 0.3) is 0 Å². The molecule has 3 rings (SSSR count). The molecule has 1 aromatic rings. The Bertz CT molecular complexity index is 907. The summed E-state index contributed by atoms with van der Waals surface area (Å²) in [6, 6.07) is 0.146. The number of methoxy groups -OCH3 is 1. The Morgan fingerprint density at radius 1 is 1.33 bits per heavy atom. The summed E-state index contributed by atoms with van der Waals surface area (Å²) >= 11 is 1.91. The molecule has 0 aromatic heterocycles. The van der Waals surface area contributed by atoms with Crippen LogP contribution in [-0.2, 0) is 27.3 Å². The number of ether oxygens (including phenoxy) is 3. The van der Waals surface area contributed by atoms with Gasteiger partial charge in [-0.05, 0) is 46.1 Å². The average Bonchev–Trinajstić information content (AvgIpc) is 3.42. The second kappa shape index (κ2) is 11.8. The number of anilines is 1. The van der Waals surface area contributed by atoms with Gasteiger partial charge in [0.05, 0.1) is 18.4 Å². The van der Waals surface area contributed by atoms with Crippen LogP contribution in [0, 0.1) is 6.92 Å². The van der Waals surface area contributed by atoms with Gasteiger partial charge >= 0.3 is 11.9 Å². The van der Waals surface area contributed by atoms with Crippen LogP contribution in [0.25, 0.3) is 0 Å². The first-order valence-electron chi connectivity index (χ1n) is 11.6. The van der Waals surface area contributed by atoms with Crippen molar-refractivity contribution < 1.29 is 23.8 Å². The summed E-state index contributed by atoms with van der Waals surface area (Å²) in [4.78, 5) is 26.9. The van der Waals surface area contributed by atoms with E-state index in [-0.39, 0.29) is 24.6 Å². The molecule has 7 nitrogen and oxygen atoms in total. The molecule has 182 valence electrons. The largest absolute Gasteiger partial charge is 0.496 e. The molecule has 8 heteroatoms. The Balaban J connectivity index is 1.66. The molecule has 1 fully saturated rings. The van der Waals surface area contributed by atoms with E-state index >= 15 is 0 Å². The van der Waals surface area contributed by atoms with Crippen molar-refractivity contribution in [2.75, 3.05) is 43.8 Å². The average molecular weight is 477 g/mol. The molecule has 2 heterocycles. The normalized spacial score (nSPS) is 16.2. The van der Waals surface area contributed by atoms with E-state index < -0.39 is 0 Å². The predicted octanol–water partition coefficient (Wildman–Crippen LogP) is 4.31. The lowest BCUT2D eigenvalue weighted by Crippen LogP contribution is -2.25. The number of carbonyl (C=O) groups excluding carboxylic acids is 2. The van der Waals surface area contributed by atoms with Gasteiger partial charge in [0.1, 0.15) is 19.0 Å². The molecule has 2 aliphatic heterocycles. The summed E-state index contributed by atoms with van der Waals surface area (Å²) in [5.74, 6) is 2.50. The van der Waals surface area contributed by atoms with Crippen molar-refractivity contribution in [1.29, 1.82) is 0 Å². The minimum atomic E-state index is -0.295. The zero-order chi connectivity index (χ0) is 24.0. The summed E-state index contributed by atoms with van der Waals surface area (Å²) in [7, 11) is 1.66. The highest BCUT2D eigenvalue weighted by Gasteiger charge is 2.32. The number of thioether (sulfide) groups is 1. The van der Waals surface area contributed by atoms with Crippen LogP contribution in [0.1, 0.15) is 60.7 Å². The number of hydrogen-bond donors (Lipinski definition) is 1. The van der Waals surface area contributed by atoms with Crippen LogP contribution in [0.15, 0.2) is 11.6 Å². The molecule has 1 saturated heterocycles. The first kappa shape index (κ1) is 25.4. The molecule has 0 spiro atoms. The standard InChI is InChI=1S/C25H36N2O5S/c1-16(2)26-23-19(24(30-5)18(4)20-14-32-25(29)22(20)23)8-6-17(3)7-9-21(28)31-12-10-27-11-13-33-15-27/h6,16,26H,7-15H2,1-5H3. The minimum absolute atomic E-state index is 0.146. The maximum absolute atomic E-state index is 12.5. The fraction of sp³-hybridized carbons (Fsp3) is 0.600. The number of hydrogen-bond acceptors (Lipinski definition) is 8. The second-order valence-electron chi connectivity index (χ2n) is 8.87. The molecule has 0 unspecified atom stereocenters. The van der Waals surface area contributed by atoms with Crippen LogP contribution in [-0.4, -0.2) is 61.3 Å². The molecule has 0 amide bonds. The molecule has 1 N–H and O–H groups in total. The van der Waals surface area contributed by atoms with Crippen LogP contribution in [0.2, 0.25) is 0 Å². The summed E-state index contributed by atoms with van der Waals surface area (Å²) in [6.07, 6.45) is 3.69. The van der Waals surface area contributed by atoms with E-state index in [1.54, 1.807) is 7.11 Å². The molecular weight excluding hydrogens is 440 g/mol. The van der Waals surface area contributed by atoms with E-state index in [0.29, 0.717) is 31.4 Å². The Morgan fingerprint density at radius 2 is 2.12 bits per heavy atom. The Kier molecular flexibility index (Phi) is 9.09. The van der Waals surface area contributed by atoms with E-state index in [9.17, 15) is 9.59 Å². The highest BCUT2D eigenvalue weighted by atomic mass is 32.2. The van der Waals surface area contributed by atoms with E-state index in [4.69, 9.17) is 14.2 Å². The van der Waals surface area contributed by atoms with E-state index in [1.165, 1.54) is 0 Å². The van der Waals surface area contributed by atoms with Gasteiger partial charge in [-0.1, -0.05) is 11.6 Å². The first-order chi connectivity index (χ1) is 15.8. The number of cyclic esters (lactones) is 1. The fourth-order valence-electron chi connectivity index (χ4n) is 4.17. The zero-order valence-electron chi connectivity index (χ0n) is 20.4. The van der Waals surface area contributed by atoms with E-state index in [2.05, 4.69) is 16.3 Å². The summed E-state index contributed by atoms with van der Waals surface area (Å²) in [5, 5.41) is 3.44. The summed E-state index contributed by atoms with van der Waals surface area (Å²) in [5.41, 5.74) is 5.26. The van der Waals surface area contributed by atoms with Gasteiger partial charge in [-0.3, -0.25) is 9.69 Å². The molecular formula is C25H36N2O5S. The number of nitrogens with one attached hydrogen (secondary N) is 1. The quantitative estimate of drug-likeness (QED) is 0.374. The number of allylic oxidation sites excluding steroid dienone is 2. The van der Waals surface area contributed by atoms with Crippen LogP contribution in [0.3, 0.4) is 0 Å². The third-order valence-electron chi connectivity index (χ3n) is 5.98. The minimum Gasteiger partial charge on any atom is -0.496 e. The van der Waals surface area contributed by atoms with Crippen LogP contribution in [0.4, 0.5) is 5.69 Å². The molecule has 0 saturated carbocycles. The highest BCUT2D eigenvalue weighted by molar-refractivity contribution is 7.99. The third kappa shape index (κ3) is 6.44. The van der Waals surface area contributed by atoms with Crippen molar-refractivity contribution >= 4 is 29.4 Å². The Labute approximate surface area is 201 Å². The van der Waals surface area contributed by atoms with Crippen LogP contribution < -0.4 is 10.1 Å². The van der Waals surface area contributed by atoms with Gasteiger partial charge in [-0.25, -0.2) is 4.79 Å². The van der Waals surface area contributed by atoms with Crippen molar-refractivity contribution in [2.24, 2.45) is 0 Å². The highest BCUT2D eigenvalue weighted by Crippen LogP contribution is 2.41. The Morgan fingerprint density at radius 3 is 2.79 bits per heavy atom. The number of fused-ring (bicyclic) bond motifs is 1. The van der Waals surface area contributed by atoms with Crippen LogP contribution in [0.5, 0.6) is 5.75 Å². The summed E-state index contributed by atoms with van der Waals surface area (Å²) in [6.45, 7) is 10.7. The number of carbonyl (C=O) groups is 2. The maximum Gasteiger partial charge on any atom is 0.341 e. The van der Waals surface area contributed by atoms with E-state index in [0.717, 1.165) is 58.4 Å². The SMILES string of the molecule is COc1c(C)c2c(c(NC(C)C)c1CC=C(C)CCC(=O)OCCN1CCSC1)C(=O)OC2. The number of nitrogens with zero attached hydrogens (tertiary/aromatic N) is 1. The van der Waals surface area contributed by atoms with Gasteiger partial charge in [-0.15, -0.1) is 11.8 Å². The molecule has 0 bridgehead atoms. The lowest BCUT2D eigenvalue weighted by molar-refractivity contribution is -0.143. The number of rotatable bonds is 11. The number of esters is 2. The molecule has 0 atom stereocenters. The van der Waals surface area contributed by atoms with Gasteiger partial charge in [0, 0.05) is 48.3 Å². The monoisotopic (exact) mass is 476 g/mol. The van der Waals surface area contributed by atoms with Gasteiger partial charge < -0.3 is 19.5 Å². The molecule has 33 heavy (non-hydrogen) atoms. The molecule has 2 aliphatic rings. The van der Waals surface area contributed by atoms with Gasteiger partial charge in [0.2, 0.25) is 0 Å². The fourth-order valence-corrected chi connectivity index (χ4v) is 5.20. The number of benzene rings is 1. The van der Waals surface area contributed by atoms with Crippen molar-refractivity contribution in [1.82, 2.24) is 4.90 Å².